The molecule has 2 atom stereocenters. The van der Waals surface area contributed by atoms with Crippen molar-refractivity contribution in [3.05, 3.63) is 34.6 Å². The first-order chi connectivity index (χ1) is 9.65. The van der Waals surface area contributed by atoms with E-state index in [2.05, 4.69) is 0 Å². The van der Waals surface area contributed by atoms with Crippen molar-refractivity contribution >= 4 is 11.6 Å². The van der Waals surface area contributed by atoms with Gasteiger partial charge in [-0.3, -0.25) is 0 Å². The van der Waals surface area contributed by atoms with Gasteiger partial charge < -0.3 is 10.2 Å². The molecule has 0 spiro atoms. The lowest BCUT2D eigenvalue weighted by Gasteiger charge is -2.43. The minimum atomic E-state index is -4.86. The molecule has 1 fully saturated rings. The molecule has 0 saturated heterocycles. The topological polar surface area (TPSA) is 40.5 Å². The Balaban J connectivity index is 2.26. The SMILES string of the molecule is OC(CC(O)(C1CCC1)C(F)(F)F)c1cc(F)ccc1Cl. The molecule has 0 aromatic heterocycles. The second-order valence-corrected chi connectivity index (χ2v) is 5.84. The Kier molecular flexibility index (Phi) is 4.52. The molecular formula is C14H15ClF4O2. The summed E-state index contributed by atoms with van der Waals surface area (Å²) in [7, 11) is 0. The number of rotatable bonds is 4. The molecule has 2 N–H and O–H groups in total. The lowest BCUT2D eigenvalue weighted by Crippen LogP contribution is -2.54. The molecule has 2 nitrogen and oxygen atoms in total. The highest BCUT2D eigenvalue weighted by molar-refractivity contribution is 6.31. The van der Waals surface area contributed by atoms with E-state index in [9.17, 15) is 27.8 Å². The third-order valence-electron chi connectivity index (χ3n) is 4.09. The van der Waals surface area contributed by atoms with Crippen LogP contribution in [0.2, 0.25) is 5.02 Å². The maximum Gasteiger partial charge on any atom is 0.417 e. The molecule has 2 rings (SSSR count). The zero-order valence-electron chi connectivity index (χ0n) is 11.0. The average Bonchev–Trinajstić information content (AvgIpc) is 2.28. The van der Waals surface area contributed by atoms with Crippen LogP contribution in [0.3, 0.4) is 0 Å². The molecule has 7 heteroatoms. The Morgan fingerprint density at radius 3 is 2.38 bits per heavy atom. The molecule has 0 aliphatic heterocycles. The first-order valence-electron chi connectivity index (χ1n) is 6.57. The van der Waals surface area contributed by atoms with Gasteiger partial charge in [-0.25, -0.2) is 4.39 Å². The monoisotopic (exact) mass is 326 g/mol. The zero-order valence-corrected chi connectivity index (χ0v) is 11.8. The predicted molar refractivity (Wildman–Crippen MR) is 69.3 cm³/mol. The summed E-state index contributed by atoms with van der Waals surface area (Å²) < 4.78 is 52.6. The van der Waals surface area contributed by atoms with Crippen LogP contribution < -0.4 is 0 Å². The number of aliphatic hydroxyl groups excluding tert-OH is 1. The molecule has 21 heavy (non-hydrogen) atoms. The van der Waals surface area contributed by atoms with E-state index in [1.165, 1.54) is 0 Å². The van der Waals surface area contributed by atoms with Crippen molar-refractivity contribution in [1.29, 1.82) is 0 Å². The summed E-state index contributed by atoms with van der Waals surface area (Å²) in [6.07, 6.45) is -6.40. The molecule has 0 bridgehead atoms. The van der Waals surface area contributed by atoms with Gasteiger partial charge in [-0.15, -0.1) is 0 Å². The zero-order chi connectivity index (χ0) is 15.8. The summed E-state index contributed by atoms with van der Waals surface area (Å²) in [5.74, 6) is -1.66. The summed E-state index contributed by atoms with van der Waals surface area (Å²) in [5, 5.41) is 20.0. The standard InChI is InChI=1S/C14H15ClF4O2/c15-11-5-4-9(16)6-10(11)12(20)7-13(21,14(17,18)19)8-2-1-3-8/h4-6,8,12,20-21H,1-3,7H2. The van der Waals surface area contributed by atoms with E-state index in [4.69, 9.17) is 11.6 Å². The van der Waals surface area contributed by atoms with Gasteiger partial charge in [0.15, 0.2) is 5.60 Å². The minimum absolute atomic E-state index is 0.0398. The molecule has 1 aliphatic rings. The molecule has 118 valence electrons. The molecular weight excluding hydrogens is 312 g/mol. The van der Waals surface area contributed by atoms with Crippen LogP contribution in [0.25, 0.3) is 0 Å². The number of hydrogen-bond donors (Lipinski definition) is 2. The van der Waals surface area contributed by atoms with E-state index in [1.54, 1.807) is 0 Å². The van der Waals surface area contributed by atoms with Crippen LogP contribution in [0, 0.1) is 11.7 Å². The highest BCUT2D eigenvalue weighted by Crippen LogP contribution is 2.49. The highest BCUT2D eigenvalue weighted by Gasteiger charge is 2.60. The summed E-state index contributed by atoms with van der Waals surface area (Å²) in [4.78, 5) is 0. The van der Waals surface area contributed by atoms with Gasteiger partial charge in [-0.05, 0) is 37.0 Å². The molecule has 2 unspecified atom stereocenters. The third kappa shape index (κ3) is 3.17. The first-order valence-corrected chi connectivity index (χ1v) is 6.95. The second kappa shape index (κ2) is 5.74. The van der Waals surface area contributed by atoms with Gasteiger partial charge in [-0.2, -0.15) is 13.2 Å². The number of alkyl halides is 3. The third-order valence-corrected chi connectivity index (χ3v) is 4.44. The average molecular weight is 327 g/mol. The lowest BCUT2D eigenvalue weighted by molar-refractivity contribution is -0.296. The van der Waals surface area contributed by atoms with Crippen molar-refractivity contribution < 1.29 is 27.8 Å². The van der Waals surface area contributed by atoms with Gasteiger partial charge >= 0.3 is 6.18 Å². The summed E-state index contributed by atoms with van der Waals surface area (Å²) >= 11 is 5.77. The molecule has 1 aromatic carbocycles. The van der Waals surface area contributed by atoms with Crippen LogP contribution in [0.15, 0.2) is 18.2 Å². The van der Waals surface area contributed by atoms with E-state index in [1.807, 2.05) is 0 Å². The summed E-state index contributed by atoms with van der Waals surface area (Å²) in [5.41, 5.74) is -3.14. The Morgan fingerprint density at radius 1 is 1.29 bits per heavy atom. The second-order valence-electron chi connectivity index (χ2n) is 5.44. The van der Waals surface area contributed by atoms with Gasteiger partial charge in [0.2, 0.25) is 0 Å². The van der Waals surface area contributed by atoms with Crippen LogP contribution in [-0.4, -0.2) is 22.0 Å². The van der Waals surface area contributed by atoms with Gasteiger partial charge in [0.25, 0.3) is 0 Å². The molecule has 1 aliphatic carbocycles. The van der Waals surface area contributed by atoms with Crippen molar-refractivity contribution in [2.24, 2.45) is 5.92 Å². The van der Waals surface area contributed by atoms with Crippen molar-refractivity contribution in [3.8, 4) is 0 Å². The van der Waals surface area contributed by atoms with Crippen molar-refractivity contribution in [1.82, 2.24) is 0 Å². The molecule has 0 radical (unpaired) electrons. The van der Waals surface area contributed by atoms with Crippen LogP contribution in [0.1, 0.15) is 37.4 Å². The Labute approximate surface area is 124 Å². The fourth-order valence-corrected chi connectivity index (χ4v) is 2.82. The molecule has 0 amide bonds. The maximum atomic E-state index is 13.2. The largest absolute Gasteiger partial charge is 0.417 e. The maximum absolute atomic E-state index is 13.2. The number of hydrogen-bond acceptors (Lipinski definition) is 2. The van der Waals surface area contributed by atoms with Crippen LogP contribution in [0.4, 0.5) is 17.6 Å². The fraction of sp³-hybridized carbons (Fsp3) is 0.571. The van der Waals surface area contributed by atoms with Crippen molar-refractivity contribution in [2.45, 2.75) is 43.6 Å². The molecule has 1 saturated carbocycles. The lowest BCUT2D eigenvalue weighted by atomic mass is 9.69. The normalized spacial score (nSPS) is 20.7. The summed E-state index contributed by atoms with van der Waals surface area (Å²) in [6, 6.07) is 3.08. The van der Waals surface area contributed by atoms with Gasteiger partial charge in [0.1, 0.15) is 5.82 Å². The number of benzene rings is 1. The van der Waals surface area contributed by atoms with Crippen molar-refractivity contribution in [3.63, 3.8) is 0 Å². The van der Waals surface area contributed by atoms with E-state index in [0.29, 0.717) is 6.42 Å². The quantitative estimate of drug-likeness (QED) is 0.821. The van der Waals surface area contributed by atoms with Gasteiger partial charge in [0, 0.05) is 17.0 Å². The Bertz CT molecular complexity index is 516. The number of aliphatic hydroxyl groups is 2. The smallest absolute Gasteiger partial charge is 0.388 e. The number of halogens is 5. The van der Waals surface area contributed by atoms with Crippen molar-refractivity contribution in [2.75, 3.05) is 0 Å². The van der Waals surface area contributed by atoms with Gasteiger partial charge in [0.05, 0.1) is 6.10 Å². The highest BCUT2D eigenvalue weighted by atomic mass is 35.5. The molecule has 1 aromatic rings. The van der Waals surface area contributed by atoms with Crippen LogP contribution >= 0.6 is 11.6 Å². The van der Waals surface area contributed by atoms with Crippen LogP contribution in [0.5, 0.6) is 0 Å². The van der Waals surface area contributed by atoms with E-state index in [-0.39, 0.29) is 23.4 Å². The predicted octanol–water partition coefficient (Wildman–Crippen LogP) is 4.00. The fourth-order valence-electron chi connectivity index (χ4n) is 2.57. The molecule has 0 heterocycles. The van der Waals surface area contributed by atoms with Crippen LogP contribution in [-0.2, 0) is 0 Å². The Morgan fingerprint density at radius 2 is 1.90 bits per heavy atom. The van der Waals surface area contributed by atoms with E-state index < -0.39 is 36.0 Å². The first kappa shape index (κ1) is 16.5. The Hall–Kier alpha value is -0.850. The van der Waals surface area contributed by atoms with Gasteiger partial charge in [-0.1, -0.05) is 18.0 Å². The summed E-state index contributed by atoms with van der Waals surface area (Å²) in [6.45, 7) is 0. The minimum Gasteiger partial charge on any atom is -0.388 e. The van der Waals surface area contributed by atoms with E-state index in [0.717, 1.165) is 18.2 Å². The van der Waals surface area contributed by atoms with E-state index >= 15 is 0 Å².